The zero-order valence-electron chi connectivity index (χ0n) is 13.4. The molecule has 2 atom stereocenters. The molecule has 1 aromatic rings. The van der Waals surface area contributed by atoms with Crippen molar-refractivity contribution in [1.29, 1.82) is 0 Å². The first-order valence-electron chi connectivity index (χ1n) is 7.60. The number of carbonyl (C=O) groups excluding carboxylic acids is 3. The number of nitrogens with two attached hydrogens (primary N) is 1. The van der Waals surface area contributed by atoms with Crippen molar-refractivity contribution in [2.24, 2.45) is 11.7 Å². The highest BCUT2D eigenvalue weighted by Gasteiger charge is 2.41. The largest absolute Gasteiger partial charge is 0.331 e. The van der Waals surface area contributed by atoms with Gasteiger partial charge < -0.3 is 5.73 Å². The van der Waals surface area contributed by atoms with Crippen molar-refractivity contribution in [3.05, 3.63) is 35.4 Å². The van der Waals surface area contributed by atoms with Crippen molar-refractivity contribution in [3.63, 3.8) is 0 Å². The number of hydrogen-bond donors (Lipinski definition) is 2. The van der Waals surface area contributed by atoms with Crippen LogP contribution < -0.4 is 11.1 Å². The Morgan fingerprint density at radius 1 is 1.21 bits per heavy atom. The molecule has 3 N–H and O–H groups in total. The van der Waals surface area contributed by atoms with Gasteiger partial charge in [-0.1, -0.05) is 6.07 Å². The summed E-state index contributed by atoms with van der Waals surface area (Å²) in [6.45, 7) is 3.33. The fraction of sp³-hybridized carbons (Fsp3) is 0.438. The number of nitrogens with one attached hydrogen (secondary N) is 1. The van der Waals surface area contributed by atoms with E-state index in [1.54, 1.807) is 13.8 Å². The van der Waals surface area contributed by atoms with Gasteiger partial charge in [-0.15, -0.1) is 0 Å². The molecule has 130 valence electrons. The molecule has 0 aliphatic carbocycles. The van der Waals surface area contributed by atoms with Gasteiger partial charge in [0.25, 0.3) is 0 Å². The molecule has 1 aliphatic heterocycles. The summed E-state index contributed by atoms with van der Waals surface area (Å²) in [4.78, 5) is 36.9. The van der Waals surface area contributed by atoms with Gasteiger partial charge in [-0.05, 0) is 44.4 Å². The van der Waals surface area contributed by atoms with E-state index < -0.39 is 41.4 Å². The van der Waals surface area contributed by atoms with Gasteiger partial charge in [-0.2, -0.15) is 0 Å². The van der Waals surface area contributed by atoms with Gasteiger partial charge in [0, 0.05) is 12.1 Å². The van der Waals surface area contributed by atoms with E-state index in [2.05, 4.69) is 5.32 Å². The van der Waals surface area contributed by atoms with Crippen LogP contribution in [0.15, 0.2) is 18.2 Å². The van der Waals surface area contributed by atoms with E-state index in [1.165, 1.54) is 6.07 Å². The minimum atomic E-state index is -1.03. The van der Waals surface area contributed by atoms with Crippen molar-refractivity contribution in [2.75, 3.05) is 0 Å². The summed E-state index contributed by atoms with van der Waals surface area (Å²) in [6.07, 6.45) is 0.302. The third kappa shape index (κ3) is 3.59. The Hall–Kier alpha value is -2.35. The quantitative estimate of drug-likeness (QED) is 0.801. The number of hydrogen-bond acceptors (Lipinski definition) is 4. The summed E-state index contributed by atoms with van der Waals surface area (Å²) in [5.74, 6) is -4.25. The number of halogens is 2. The molecular formula is C16H19F2N3O3. The zero-order chi connectivity index (χ0) is 18.0. The topological polar surface area (TPSA) is 92.5 Å². The highest BCUT2D eigenvalue weighted by Crippen LogP contribution is 2.24. The molecule has 8 heteroatoms. The molecule has 1 saturated heterocycles. The van der Waals surface area contributed by atoms with E-state index in [0.717, 1.165) is 17.0 Å². The molecule has 0 saturated carbocycles. The molecule has 1 heterocycles. The minimum absolute atomic E-state index is 0.0985. The molecule has 1 aliphatic rings. The molecule has 4 amide bonds. The second-order valence-electron chi connectivity index (χ2n) is 6.01. The van der Waals surface area contributed by atoms with Crippen LogP contribution in [0.4, 0.5) is 13.6 Å². The van der Waals surface area contributed by atoms with Gasteiger partial charge in [0.15, 0.2) is 11.6 Å². The Balaban J connectivity index is 2.06. The fourth-order valence-corrected chi connectivity index (χ4v) is 2.63. The van der Waals surface area contributed by atoms with Crippen LogP contribution in [-0.4, -0.2) is 28.8 Å². The second kappa shape index (κ2) is 7.04. The number of carbonyl (C=O) groups is 3. The molecule has 6 nitrogen and oxygen atoms in total. The van der Waals surface area contributed by atoms with E-state index >= 15 is 0 Å². The number of rotatable bonds is 5. The third-order valence-electron chi connectivity index (χ3n) is 3.96. The Morgan fingerprint density at radius 3 is 2.46 bits per heavy atom. The summed E-state index contributed by atoms with van der Waals surface area (Å²) in [7, 11) is 0. The summed E-state index contributed by atoms with van der Waals surface area (Å²) < 4.78 is 26.2. The van der Waals surface area contributed by atoms with Gasteiger partial charge in [-0.25, -0.2) is 13.6 Å². The van der Waals surface area contributed by atoms with Crippen molar-refractivity contribution < 1.29 is 23.2 Å². The molecule has 1 aromatic carbocycles. The van der Waals surface area contributed by atoms with Crippen LogP contribution in [0.5, 0.6) is 0 Å². The van der Waals surface area contributed by atoms with Crippen LogP contribution in [0.25, 0.3) is 0 Å². The monoisotopic (exact) mass is 339 g/mol. The SMILES string of the molecule is CC(C)N1C(=O)NC(=O)C(CC[C@@H](N)c2ccc(F)c(F)c2)C1=O. The maximum Gasteiger partial charge on any atom is 0.331 e. The zero-order valence-corrected chi connectivity index (χ0v) is 13.4. The standard InChI is InChI=1S/C16H19F2N3O3/c1-8(2)21-15(23)10(14(22)20-16(21)24)4-6-13(19)9-3-5-11(17)12(18)7-9/h3,5,7-8,10,13H,4,6,19H2,1-2H3,(H,20,22,24)/t10?,13-/m1/s1. The summed E-state index contributed by atoms with van der Waals surface area (Å²) in [6, 6.07) is 1.55. The van der Waals surface area contributed by atoms with Gasteiger partial charge in [0.1, 0.15) is 5.92 Å². The first kappa shape index (κ1) is 18.0. The molecular weight excluding hydrogens is 320 g/mol. The first-order valence-corrected chi connectivity index (χ1v) is 7.60. The Morgan fingerprint density at radius 2 is 1.88 bits per heavy atom. The molecule has 0 radical (unpaired) electrons. The van der Waals surface area contributed by atoms with Gasteiger partial charge in [-0.3, -0.25) is 19.8 Å². The summed E-state index contributed by atoms with van der Waals surface area (Å²) in [5, 5.41) is 2.15. The maximum absolute atomic E-state index is 13.2. The van der Waals surface area contributed by atoms with Crippen molar-refractivity contribution in [2.45, 2.75) is 38.8 Å². The minimum Gasteiger partial charge on any atom is -0.324 e. The smallest absolute Gasteiger partial charge is 0.324 e. The van der Waals surface area contributed by atoms with E-state index in [1.807, 2.05) is 0 Å². The number of barbiturate groups is 1. The summed E-state index contributed by atoms with van der Waals surface area (Å²) in [5.41, 5.74) is 6.30. The Kier molecular flexibility index (Phi) is 5.28. The van der Waals surface area contributed by atoms with Crippen molar-refractivity contribution in [3.8, 4) is 0 Å². The highest BCUT2D eigenvalue weighted by atomic mass is 19.2. The molecule has 2 rings (SSSR count). The first-order chi connectivity index (χ1) is 11.2. The lowest BCUT2D eigenvalue weighted by molar-refractivity contribution is -0.144. The molecule has 1 fully saturated rings. The van der Waals surface area contributed by atoms with Crippen molar-refractivity contribution in [1.82, 2.24) is 10.2 Å². The lowest BCUT2D eigenvalue weighted by Crippen LogP contribution is -2.59. The lowest BCUT2D eigenvalue weighted by atomic mass is 9.93. The number of nitrogens with zero attached hydrogens (tertiary/aromatic N) is 1. The van der Waals surface area contributed by atoms with E-state index in [4.69, 9.17) is 5.73 Å². The average Bonchev–Trinajstić information content (AvgIpc) is 2.48. The van der Waals surface area contributed by atoms with Crippen LogP contribution in [0.3, 0.4) is 0 Å². The van der Waals surface area contributed by atoms with E-state index in [0.29, 0.717) is 5.56 Å². The second-order valence-corrected chi connectivity index (χ2v) is 6.01. The predicted molar refractivity (Wildman–Crippen MR) is 81.5 cm³/mol. The summed E-state index contributed by atoms with van der Waals surface area (Å²) >= 11 is 0. The van der Waals surface area contributed by atoms with E-state index in [9.17, 15) is 23.2 Å². The Bertz CT molecular complexity index is 679. The molecule has 0 aromatic heterocycles. The third-order valence-corrected chi connectivity index (χ3v) is 3.96. The maximum atomic E-state index is 13.2. The van der Waals surface area contributed by atoms with Gasteiger partial charge in [0.2, 0.25) is 11.8 Å². The number of imide groups is 2. The normalized spacial score (nSPS) is 19.7. The molecule has 0 spiro atoms. The highest BCUT2D eigenvalue weighted by molar-refractivity contribution is 6.16. The van der Waals surface area contributed by atoms with Crippen LogP contribution in [0, 0.1) is 17.6 Å². The molecule has 24 heavy (non-hydrogen) atoms. The van der Waals surface area contributed by atoms with Crippen LogP contribution in [-0.2, 0) is 9.59 Å². The van der Waals surface area contributed by atoms with Gasteiger partial charge >= 0.3 is 6.03 Å². The van der Waals surface area contributed by atoms with Crippen LogP contribution in [0.2, 0.25) is 0 Å². The van der Waals surface area contributed by atoms with Crippen LogP contribution >= 0.6 is 0 Å². The number of urea groups is 1. The van der Waals surface area contributed by atoms with Crippen molar-refractivity contribution >= 4 is 17.8 Å². The average molecular weight is 339 g/mol. The lowest BCUT2D eigenvalue weighted by Gasteiger charge is -2.33. The van der Waals surface area contributed by atoms with Gasteiger partial charge in [0.05, 0.1) is 0 Å². The number of benzene rings is 1. The van der Waals surface area contributed by atoms with Crippen LogP contribution in [0.1, 0.15) is 38.3 Å². The predicted octanol–water partition coefficient (Wildman–Crippen LogP) is 1.85. The molecule has 1 unspecified atom stereocenters. The fourth-order valence-electron chi connectivity index (χ4n) is 2.63. The molecule has 0 bridgehead atoms. The number of amides is 4. The van der Waals surface area contributed by atoms with E-state index in [-0.39, 0.29) is 18.9 Å². The Labute approximate surface area is 138 Å².